The second-order valence-electron chi connectivity index (χ2n) is 3.63. The minimum atomic E-state index is -2.19. The number of rotatable bonds is 14. The maximum atomic E-state index is 5.57. The van der Waals surface area contributed by atoms with Crippen molar-refractivity contribution in [3.63, 3.8) is 0 Å². The molecule has 0 radical (unpaired) electrons. The van der Waals surface area contributed by atoms with Crippen LogP contribution in [-0.4, -0.2) is 37.9 Å². The van der Waals surface area contributed by atoms with Gasteiger partial charge in [0.25, 0.3) is 0 Å². The predicted molar refractivity (Wildman–Crippen MR) is 109 cm³/mol. The largest absolute Gasteiger partial charge is 0.322 e. The lowest BCUT2D eigenvalue weighted by molar-refractivity contribution is 0.280. The summed E-state index contributed by atoms with van der Waals surface area (Å²) >= 11 is 14.0. The molecule has 0 aliphatic rings. The average Bonchev–Trinajstić information content (AvgIpc) is 2.44. The Balaban J connectivity index is 4.18. The third-order valence-corrected chi connectivity index (χ3v) is 12.8. The van der Waals surface area contributed by atoms with Crippen LogP contribution in [0.3, 0.4) is 0 Å². The molecule has 0 aromatic carbocycles. The first kappa shape index (κ1) is 23.6. The van der Waals surface area contributed by atoms with Gasteiger partial charge in [0.05, 0.1) is 26.4 Å². The van der Waals surface area contributed by atoms with Gasteiger partial charge in [0.2, 0.25) is 11.4 Å². The van der Waals surface area contributed by atoms with Crippen LogP contribution < -0.4 is 0 Å². The third kappa shape index (κ3) is 11.2. The van der Waals surface area contributed by atoms with Gasteiger partial charge in [0, 0.05) is 11.5 Å². The lowest BCUT2D eigenvalue weighted by atomic mass is 10.6. The topological polar surface area (TPSA) is 36.9 Å². The molecule has 0 amide bonds. The summed E-state index contributed by atoms with van der Waals surface area (Å²) in [5.74, 6) is 1.54. The molecule has 0 fully saturated rings. The Morgan fingerprint density at radius 1 is 0.682 bits per heavy atom. The van der Waals surface area contributed by atoms with Crippen LogP contribution in [0, 0.1) is 0 Å². The van der Waals surface area contributed by atoms with Crippen molar-refractivity contribution in [1.82, 2.24) is 0 Å². The molecular weight excluding hydrogens is 398 g/mol. The highest BCUT2D eigenvalue weighted by molar-refractivity contribution is 8.68. The minimum absolute atomic E-state index is 0.579. The van der Waals surface area contributed by atoms with E-state index < -0.39 is 11.4 Å². The van der Waals surface area contributed by atoms with E-state index in [9.17, 15) is 0 Å². The quantitative estimate of drug-likeness (QED) is 0.263. The van der Waals surface area contributed by atoms with Crippen LogP contribution in [-0.2, 0) is 41.7 Å². The van der Waals surface area contributed by atoms with E-state index in [1.807, 2.05) is 27.7 Å². The zero-order valence-electron chi connectivity index (χ0n) is 13.6. The van der Waals surface area contributed by atoms with Gasteiger partial charge in [0.1, 0.15) is 0 Å². The molecule has 10 heteroatoms. The lowest BCUT2D eigenvalue weighted by Gasteiger charge is -2.19. The third-order valence-electron chi connectivity index (χ3n) is 1.97. The SMILES string of the molecule is CCOP(=S)(OCC)SCC=CCSP(=S)(OCC)OCC. The fourth-order valence-electron chi connectivity index (χ4n) is 1.26. The monoisotopic (exact) mass is 424 g/mol. The van der Waals surface area contributed by atoms with Gasteiger partial charge in [-0.1, -0.05) is 34.9 Å². The van der Waals surface area contributed by atoms with Crippen molar-refractivity contribution < 1.29 is 18.1 Å². The van der Waals surface area contributed by atoms with Crippen molar-refractivity contribution in [3.05, 3.63) is 12.2 Å². The summed E-state index contributed by atoms with van der Waals surface area (Å²) in [4.78, 5) is 0. The van der Waals surface area contributed by atoms with Crippen LogP contribution in [0.1, 0.15) is 27.7 Å². The first-order chi connectivity index (χ1) is 10.4. The standard InChI is InChI=1S/C12H26O4P2S4/c1-5-13-17(19,14-6-2)21-11-9-10-12-22-18(20,15-7-3)16-8-4/h9-10H,5-8,11-12H2,1-4H3. The maximum absolute atomic E-state index is 5.57. The van der Waals surface area contributed by atoms with Gasteiger partial charge in [-0.2, -0.15) is 0 Å². The van der Waals surface area contributed by atoms with E-state index in [4.69, 9.17) is 41.7 Å². The smallest absolute Gasteiger partial charge is 0.247 e. The first-order valence-corrected chi connectivity index (χ1v) is 15.6. The molecule has 4 nitrogen and oxygen atoms in total. The van der Waals surface area contributed by atoms with Gasteiger partial charge < -0.3 is 18.1 Å². The Morgan fingerprint density at radius 2 is 0.955 bits per heavy atom. The minimum Gasteiger partial charge on any atom is -0.322 e. The zero-order valence-corrected chi connectivity index (χ0v) is 18.6. The average molecular weight is 425 g/mol. The maximum Gasteiger partial charge on any atom is 0.247 e. The van der Waals surface area contributed by atoms with E-state index in [1.165, 1.54) is 0 Å². The number of hydrogen-bond donors (Lipinski definition) is 0. The second kappa shape index (κ2) is 13.8. The summed E-state index contributed by atoms with van der Waals surface area (Å²) in [5, 5.41) is 0. The van der Waals surface area contributed by atoms with Crippen LogP contribution in [0.4, 0.5) is 0 Å². The van der Waals surface area contributed by atoms with Crippen molar-refractivity contribution in [3.8, 4) is 0 Å². The van der Waals surface area contributed by atoms with Gasteiger partial charge in [-0.25, -0.2) is 0 Å². The fraction of sp³-hybridized carbons (Fsp3) is 0.833. The van der Waals surface area contributed by atoms with Crippen molar-refractivity contribution in [2.24, 2.45) is 0 Å². The molecule has 0 aromatic heterocycles. The summed E-state index contributed by atoms with van der Waals surface area (Å²) < 4.78 is 22.3. The highest BCUT2D eigenvalue weighted by atomic mass is 32.9. The molecule has 0 aliphatic carbocycles. The van der Waals surface area contributed by atoms with E-state index in [1.54, 1.807) is 22.8 Å². The van der Waals surface area contributed by atoms with Gasteiger partial charge in [-0.3, -0.25) is 0 Å². The Bertz CT molecular complexity index is 351. The summed E-state index contributed by atoms with van der Waals surface area (Å²) in [7, 11) is 0. The van der Waals surface area contributed by atoms with E-state index in [0.717, 1.165) is 11.5 Å². The molecule has 0 unspecified atom stereocenters. The van der Waals surface area contributed by atoms with E-state index in [0.29, 0.717) is 26.4 Å². The summed E-state index contributed by atoms with van der Waals surface area (Å²) in [6.45, 7) is 10.0. The van der Waals surface area contributed by atoms with Gasteiger partial charge in [-0.05, 0) is 51.3 Å². The van der Waals surface area contributed by atoms with E-state index >= 15 is 0 Å². The Morgan fingerprint density at radius 3 is 1.18 bits per heavy atom. The molecule has 0 rings (SSSR count). The fourth-order valence-corrected chi connectivity index (χ4v) is 9.91. The van der Waals surface area contributed by atoms with Crippen molar-refractivity contribution in [2.45, 2.75) is 27.7 Å². The van der Waals surface area contributed by atoms with Crippen LogP contribution in [0.25, 0.3) is 0 Å². The second-order valence-corrected chi connectivity index (χ2v) is 16.3. The van der Waals surface area contributed by atoms with Crippen LogP contribution in [0.5, 0.6) is 0 Å². The van der Waals surface area contributed by atoms with Gasteiger partial charge >= 0.3 is 0 Å². The molecule has 0 N–H and O–H groups in total. The molecular formula is C12H26O4P2S4. The van der Waals surface area contributed by atoms with E-state index in [-0.39, 0.29) is 0 Å². The first-order valence-electron chi connectivity index (χ1n) is 7.17. The van der Waals surface area contributed by atoms with Crippen LogP contribution >= 0.6 is 34.2 Å². The molecule has 22 heavy (non-hydrogen) atoms. The van der Waals surface area contributed by atoms with Gasteiger partial charge in [0.15, 0.2) is 0 Å². The highest BCUT2D eigenvalue weighted by Crippen LogP contribution is 2.61. The normalized spacial score (nSPS) is 13.1. The van der Waals surface area contributed by atoms with Crippen LogP contribution in [0.2, 0.25) is 0 Å². The number of hydrogen-bond acceptors (Lipinski definition) is 8. The molecule has 132 valence electrons. The summed E-state index contributed by atoms with van der Waals surface area (Å²) in [5.41, 5.74) is -4.39. The van der Waals surface area contributed by atoms with Crippen molar-refractivity contribution in [2.75, 3.05) is 37.9 Å². The molecule has 0 saturated heterocycles. The Kier molecular flexibility index (Phi) is 14.8. The Labute approximate surface area is 153 Å². The predicted octanol–water partition coefficient (Wildman–Crippen LogP) is 5.60. The van der Waals surface area contributed by atoms with Crippen molar-refractivity contribution in [1.29, 1.82) is 0 Å². The molecule has 0 bridgehead atoms. The molecule has 0 heterocycles. The molecule has 0 saturated carbocycles. The van der Waals surface area contributed by atoms with E-state index in [2.05, 4.69) is 12.2 Å². The highest BCUT2D eigenvalue weighted by Gasteiger charge is 2.18. The molecule has 0 spiro atoms. The zero-order chi connectivity index (χ0) is 16.9. The molecule has 0 atom stereocenters. The Hall–Kier alpha value is 1.58. The summed E-state index contributed by atoms with van der Waals surface area (Å²) in [6.07, 6.45) is 4.13. The van der Waals surface area contributed by atoms with Crippen molar-refractivity contribution >= 4 is 57.8 Å². The van der Waals surface area contributed by atoms with Crippen LogP contribution in [0.15, 0.2) is 12.2 Å². The summed E-state index contributed by atoms with van der Waals surface area (Å²) in [6, 6.07) is 0. The molecule has 0 aromatic rings. The molecule has 0 aliphatic heterocycles. The lowest BCUT2D eigenvalue weighted by Crippen LogP contribution is -1.93. The van der Waals surface area contributed by atoms with Gasteiger partial charge in [-0.15, -0.1) is 0 Å².